The summed E-state index contributed by atoms with van der Waals surface area (Å²) in [5, 5.41) is 7.83. The van der Waals surface area contributed by atoms with Crippen molar-refractivity contribution in [3.63, 3.8) is 0 Å². The van der Waals surface area contributed by atoms with E-state index in [1.165, 1.54) is 11.1 Å². The minimum absolute atomic E-state index is 0.510. The SMILES string of the molecule is CN=C(NCc1ccccc1-n1ccnc1)N1CCC(c2cnn(C)c2)C1. The number of hydrogen-bond donors (Lipinski definition) is 1. The van der Waals surface area contributed by atoms with Crippen LogP contribution in [-0.2, 0) is 13.6 Å². The molecular weight excluding hydrogens is 338 g/mol. The monoisotopic (exact) mass is 363 g/mol. The van der Waals surface area contributed by atoms with Crippen LogP contribution in [0.4, 0.5) is 0 Å². The van der Waals surface area contributed by atoms with Crippen LogP contribution in [0.3, 0.4) is 0 Å². The van der Waals surface area contributed by atoms with Crippen molar-refractivity contribution in [1.29, 1.82) is 0 Å². The van der Waals surface area contributed by atoms with Crippen molar-refractivity contribution < 1.29 is 0 Å². The van der Waals surface area contributed by atoms with Crippen molar-refractivity contribution in [2.45, 2.75) is 18.9 Å². The van der Waals surface area contributed by atoms with E-state index in [1.807, 2.05) is 48.1 Å². The second kappa shape index (κ2) is 7.65. The Morgan fingerprint density at radius 1 is 1.33 bits per heavy atom. The minimum Gasteiger partial charge on any atom is -0.352 e. The summed E-state index contributed by atoms with van der Waals surface area (Å²) < 4.78 is 3.91. The molecule has 1 aliphatic heterocycles. The first-order valence-electron chi connectivity index (χ1n) is 9.25. The van der Waals surface area contributed by atoms with Crippen molar-refractivity contribution in [2.24, 2.45) is 12.0 Å². The highest BCUT2D eigenvalue weighted by atomic mass is 15.3. The number of nitrogens with zero attached hydrogens (tertiary/aromatic N) is 6. The highest BCUT2D eigenvalue weighted by molar-refractivity contribution is 5.80. The van der Waals surface area contributed by atoms with Crippen LogP contribution in [0.2, 0.25) is 0 Å². The Kier molecular flexibility index (Phi) is 4.91. The van der Waals surface area contributed by atoms with Gasteiger partial charge in [-0.15, -0.1) is 0 Å². The first-order valence-corrected chi connectivity index (χ1v) is 9.25. The van der Waals surface area contributed by atoms with Crippen LogP contribution in [0, 0.1) is 0 Å². The molecule has 1 aliphatic rings. The van der Waals surface area contributed by atoms with Gasteiger partial charge in [0.25, 0.3) is 0 Å². The number of aromatic nitrogens is 4. The van der Waals surface area contributed by atoms with E-state index >= 15 is 0 Å². The van der Waals surface area contributed by atoms with Crippen LogP contribution >= 0.6 is 0 Å². The van der Waals surface area contributed by atoms with Crippen molar-refractivity contribution >= 4 is 5.96 Å². The quantitative estimate of drug-likeness (QED) is 0.570. The minimum atomic E-state index is 0.510. The number of para-hydroxylation sites is 1. The molecule has 0 aliphatic carbocycles. The molecule has 3 heterocycles. The van der Waals surface area contributed by atoms with E-state index < -0.39 is 0 Å². The maximum Gasteiger partial charge on any atom is 0.193 e. The first kappa shape index (κ1) is 17.3. The molecule has 0 saturated carbocycles. The molecule has 3 aromatic rings. The third kappa shape index (κ3) is 3.72. The van der Waals surface area contributed by atoms with E-state index in [2.05, 4.69) is 49.7 Å². The van der Waals surface area contributed by atoms with Gasteiger partial charge in [-0.05, 0) is 23.6 Å². The third-order valence-electron chi connectivity index (χ3n) is 5.11. The summed E-state index contributed by atoms with van der Waals surface area (Å²) in [6, 6.07) is 8.36. The predicted molar refractivity (Wildman–Crippen MR) is 106 cm³/mol. The molecular formula is C20H25N7. The maximum atomic E-state index is 4.50. The zero-order chi connectivity index (χ0) is 18.6. The molecule has 0 radical (unpaired) electrons. The molecule has 1 fully saturated rings. The van der Waals surface area contributed by atoms with E-state index in [9.17, 15) is 0 Å². The van der Waals surface area contributed by atoms with Gasteiger partial charge in [-0.25, -0.2) is 4.98 Å². The lowest BCUT2D eigenvalue weighted by Crippen LogP contribution is -2.39. The number of likely N-dealkylation sites (tertiary alicyclic amines) is 1. The van der Waals surface area contributed by atoms with Gasteiger partial charge in [-0.1, -0.05) is 18.2 Å². The zero-order valence-corrected chi connectivity index (χ0v) is 15.8. The van der Waals surface area contributed by atoms with Gasteiger partial charge >= 0.3 is 0 Å². The highest BCUT2D eigenvalue weighted by Gasteiger charge is 2.26. The molecule has 140 valence electrons. The number of hydrogen-bond acceptors (Lipinski definition) is 3. The third-order valence-corrected chi connectivity index (χ3v) is 5.11. The fourth-order valence-corrected chi connectivity index (χ4v) is 3.70. The van der Waals surface area contributed by atoms with E-state index in [4.69, 9.17) is 0 Å². The number of aryl methyl sites for hydroxylation is 1. The molecule has 4 rings (SSSR count). The summed E-state index contributed by atoms with van der Waals surface area (Å²) in [7, 11) is 3.82. The second-order valence-electron chi connectivity index (χ2n) is 6.88. The molecule has 1 aromatic carbocycles. The summed E-state index contributed by atoms with van der Waals surface area (Å²) in [5.41, 5.74) is 3.65. The van der Waals surface area contributed by atoms with Crippen molar-refractivity contribution in [1.82, 2.24) is 29.5 Å². The predicted octanol–water partition coefficient (Wildman–Crippen LogP) is 2.17. The standard InChI is InChI=1S/C20H25N7/c1-21-20(26-9-7-17(14-26)18-12-24-25(2)13-18)23-11-16-5-3-4-6-19(16)27-10-8-22-15-27/h3-6,8,10,12-13,15,17H,7,9,11,14H2,1-2H3,(H,21,23). The van der Waals surface area contributed by atoms with Crippen molar-refractivity contribution in [3.8, 4) is 5.69 Å². The Hall–Kier alpha value is -3.09. The lowest BCUT2D eigenvalue weighted by Gasteiger charge is -2.22. The largest absolute Gasteiger partial charge is 0.352 e. The van der Waals surface area contributed by atoms with Crippen LogP contribution in [0.1, 0.15) is 23.5 Å². The van der Waals surface area contributed by atoms with Crippen LogP contribution in [0.5, 0.6) is 0 Å². The summed E-state index contributed by atoms with van der Waals surface area (Å²) in [6.45, 7) is 2.69. The van der Waals surface area contributed by atoms with Crippen molar-refractivity contribution in [3.05, 3.63) is 66.5 Å². The summed E-state index contributed by atoms with van der Waals surface area (Å²) in [5.74, 6) is 1.46. The Labute approximate surface area is 159 Å². The van der Waals surface area contributed by atoms with E-state index in [0.29, 0.717) is 5.92 Å². The van der Waals surface area contributed by atoms with Crippen LogP contribution < -0.4 is 5.32 Å². The van der Waals surface area contributed by atoms with Crippen LogP contribution in [-0.4, -0.2) is 50.3 Å². The molecule has 1 N–H and O–H groups in total. The topological polar surface area (TPSA) is 63.3 Å². The Balaban J connectivity index is 1.42. The van der Waals surface area contributed by atoms with Gasteiger partial charge in [0.15, 0.2) is 5.96 Å². The second-order valence-corrected chi connectivity index (χ2v) is 6.88. The van der Waals surface area contributed by atoms with Gasteiger partial charge in [-0.3, -0.25) is 9.67 Å². The molecule has 1 atom stereocenters. The van der Waals surface area contributed by atoms with E-state index in [0.717, 1.165) is 37.7 Å². The van der Waals surface area contributed by atoms with Crippen LogP contribution in [0.25, 0.3) is 5.69 Å². The van der Waals surface area contributed by atoms with Gasteiger partial charge in [-0.2, -0.15) is 5.10 Å². The molecule has 0 amide bonds. The summed E-state index contributed by atoms with van der Waals surface area (Å²) >= 11 is 0. The average molecular weight is 363 g/mol. The Bertz CT molecular complexity index is 910. The number of guanidine groups is 1. The van der Waals surface area contributed by atoms with Gasteiger partial charge < -0.3 is 14.8 Å². The van der Waals surface area contributed by atoms with E-state index in [-0.39, 0.29) is 0 Å². The normalized spacial score (nSPS) is 17.5. The number of rotatable bonds is 4. The molecule has 27 heavy (non-hydrogen) atoms. The molecule has 2 aromatic heterocycles. The van der Waals surface area contributed by atoms with Gasteiger partial charge in [0.05, 0.1) is 18.2 Å². The van der Waals surface area contributed by atoms with Gasteiger partial charge in [0.2, 0.25) is 0 Å². The number of aliphatic imine (C=N–C) groups is 1. The molecule has 0 spiro atoms. The van der Waals surface area contributed by atoms with Gasteiger partial charge in [0.1, 0.15) is 0 Å². The van der Waals surface area contributed by atoms with Gasteiger partial charge in [0, 0.05) is 58.2 Å². The Morgan fingerprint density at radius 2 is 2.22 bits per heavy atom. The average Bonchev–Trinajstić information content (AvgIpc) is 3.44. The summed E-state index contributed by atoms with van der Waals surface area (Å²) in [6.07, 6.45) is 10.8. The molecule has 1 saturated heterocycles. The van der Waals surface area contributed by atoms with Crippen LogP contribution in [0.15, 0.2) is 60.4 Å². The first-order chi connectivity index (χ1) is 13.2. The fourth-order valence-electron chi connectivity index (χ4n) is 3.70. The summed E-state index contributed by atoms with van der Waals surface area (Å²) in [4.78, 5) is 11.0. The lowest BCUT2D eigenvalue weighted by molar-refractivity contribution is 0.485. The number of nitrogens with one attached hydrogen (secondary N) is 1. The number of imidazole rings is 1. The molecule has 1 unspecified atom stereocenters. The Morgan fingerprint density at radius 3 is 2.96 bits per heavy atom. The van der Waals surface area contributed by atoms with Crippen molar-refractivity contribution in [2.75, 3.05) is 20.1 Å². The smallest absolute Gasteiger partial charge is 0.193 e. The fraction of sp³-hybridized carbons (Fsp3) is 0.350. The molecule has 7 nitrogen and oxygen atoms in total. The lowest BCUT2D eigenvalue weighted by atomic mass is 10.0. The highest BCUT2D eigenvalue weighted by Crippen LogP contribution is 2.26. The van der Waals surface area contributed by atoms with E-state index in [1.54, 1.807) is 6.20 Å². The zero-order valence-electron chi connectivity index (χ0n) is 15.8. The molecule has 0 bridgehead atoms. The number of benzene rings is 1. The maximum absolute atomic E-state index is 4.50. The molecule has 7 heteroatoms.